The molecule has 0 saturated carbocycles. The molecule has 0 fully saturated rings. The summed E-state index contributed by atoms with van der Waals surface area (Å²) in [6.45, 7) is 0. The normalized spacial score (nSPS) is 11.1. The first kappa shape index (κ1) is 12.9. The van der Waals surface area contributed by atoms with Crippen molar-refractivity contribution in [3.63, 3.8) is 0 Å². The van der Waals surface area contributed by atoms with Gasteiger partial charge in [0.05, 0.1) is 7.11 Å². The summed E-state index contributed by atoms with van der Waals surface area (Å²) in [5, 5.41) is 13.4. The monoisotopic (exact) mass is 249 g/mol. The highest BCUT2D eigenvalue weighted by Crippen LogP contribution is 2.20. The smallest absolute Gasteiger partial charge is 0.442 e. The third-order valence-electron chi connectivity index (χ3n) is 1.72. The van der Waals surface area contributed by atoms with Crippen LogP contribution in [0.4, 0.5) is 8.78 Å². The van der Waals surface area contributed by atoms with Gasteiger partial charge in [0.15, 0.2) is 5.97 Å². The Morgan fingerprint density at radius 2 is 2.12 bits per heavy atom. The molecule has 0 atom stereocenters. The summed E-state index contributed by atoms with van der Waals surface area (Å²) >= 11 is 0. The number of hydrogen-bond acceptors (Lipinski definition) is 6. The number of aromatic nitrogens is 2. The maximum absolute atomic E-state index is 12.6. The summed E-state index contributed by atoms with van der Waals surface area (Å²) in [4.78, 5) is 21.1. The van der Waals surface area contributed by atoms with Gasteiger partial charge in [0.25, 0.3) is 0 Å². The molecule has 7 nitrogen and oxygen atoms in total. The van der Waals surface area contributed by atoms with Crippen molar-refractivity contribution in [3.8, 4) is 5.88 Å². The standard InChI is InChI=1S/C8H8F2N2O5/c1-12-4(6(13)16-2)3-5(11-12)17-8(9,10)7(14)15/h3H,1-2H3,(H,14,15)/p-1. The lowest BCUT2D eigenvalue weighted by Gasteiger charge is -2.15. The number of ether oxygens (including phenoxy) is 2. The summed E-state index contributed by atoms with van der Waals surface area (Å²) < 4.78 is 34.2. The highest BCUT2D eigenvalue weighted by atomic mass is 19.3. The third-order valence-corrected chi connectivity index (χ3v) is 1.72. The molecule has 1 aromatic rings. The van der Waals surface area contributed by atoms with Crippen molar-refractivity contribution in [3.05, 3.63) is 11.8 Å². The van der Waals surface area contributed by atoms with Gasteiger partial charge >= 0.3 is 12.1 Å². The van der Waals surface area contributed by atoms with E-state index >= 15 is 0 Å². The van der Waals surface area contributed by atoms with Crippen LogP contribution >= 0.6 is 0 Å². The second kappa shape index (κ2) is 4.36. The molecule has 1 heterocycles. The molecular weight excluding hydrogens is 242 g/mol. The number of rotatable bonds is 4. The number of aryl methyl sites for hydroxylation is 1. The van der Waals surface area contributed by atoms with Gasteiger partial charge in [-0.2, -0.15) is 8.78 Å². The van der Waals surface area contributed by atoms with E-state index in [2.05, 4.69) is 14.6 Å². The SMILES string of the molecule is COC(=O)c1cc(OC(F)(F)C(=O)[O-])nn1C. The van der Waals surface area contributed by atoms with Crippen molar-refractivity contribution in [2.75, 3.05) is 7.11 Å². The van der Waals surface area contributed by atoms with E-state index in [1.165, 1.54) is 7.05 Å². The van der Waals surface area contributed by atoms with E-state index in [9.17, 15) is 23.5 Å². The lowest BCUT2D eigenvalue weighted by Crippen LogP contribution is -2.45. The fraction of sp³-hybridized carbons (Fsp3) is 0.375. The molecule has 0 aliphatic rings. The molecule has 0 spiro atoms. The van der Waals surface area contributed by atoms with Crippen LogP contribution in [0.1, 0.15) is 10.5 Å². The van der Waals surface area contributed by atoms with E-state index in [0.717, 1.165) is 17.9 Å². The number of aliphatic carboxylic acids is 1. The van der Waals surface area contributed by atoms with Crippen molar-refractivity contribution >= 4 is 11.9 Å². The van der Waals surface area contributed by atoms with E-state index in [0.29, 0.717) is 0 Å². The largest absolute Gasteiger partial charge is 0.541 e. The van der Waals surface area contributed by atoms with Crippen LogP contribution in [0.2, 0.25) is 0 Å². The average Bonchev–Trinajstić information content (AvgIpc) is 2.57. The minimum atomic E-state index is -4.53. The molecule has 17 heavy (non-hydrogen) atoms. The number of carbonyl (C=O) groups is 2. The number of esters is 1. The van der Waals surface area contributed by atoms with Crippen molar-refractivity contribution in [1.29, 1.82) is 0 Å². The molecule has 0 bridgehead atoms. The highest BCUT2D eigenvalue weighted by molar-refractivity contribution is 5.87. The van der Waals surface area contributed by atoms with Crippen LogP contribution in [0, 0.1) is 0 Å². The Morgan fingerprint density at radius 3 is 2.59 bits per heavy atom. The number of methoxy groups -OCH3 is 1. The van der Waals surface area contributed by atoms with Crippen LogP contribution in [0.3, 0.4) is 0 Å². The fourth-order valence-electron chi connectivity index (χ4n) is 0.959. The third kappa shape index (κ3) is 2.68. The molecule has 1 rings (SSSR count). The van der Waals surface area contributed by atoms with Gasteiger partial charge in [-0.15, -0.1) is 5.10 Å². The summed E-state index contributed by atoms with van der Waals surface area (Å²) in [5.74, 6) is -4.27. The first-order valence-electron chi connectivity index (χ1n) is 4.18. The van der Waals surface area contributed by atoms with Crippen molar-refractivity contribution in [2.24, 2.45) is 7.05 Å². The number of alkyl halides is 2. The Balaban J connectivity index is 2.95. The van der Waals surface area contributed by atoms with E-state index in [1.54, 1.807) is 0 Å². The molecule has 9 heteroatoms. The zero-order valence-corrected chi connectivity index (χ0v) is 8.77. The topological polar surface area (TPSA) is 93.5 Å². The Morgan fingerprint density at radius 1 is 1.53 bits per heavy atom. The minimum Gasteiger partial charge on any atom is -0.541 e. The number of nitrogens with zero attached hydrogens (tertiary/aromatic N) is 2. The van der Waals surface area contributed by atoms with E-state index in [-0.39, 0.29) is 5.69 Å². The van der Waals surface area contributed by atoms with Gasteiger partial charge in [-0.25, -0.2) is 4.79 Å². The predicted molar refractivity (Wildman–Crippen MR) is 45.1 cm³/mol. The van der Waals surface area contributed by atoms with Gasteiger partial charge in [0.1, 0.15) is 5.69 Å². The zero-order valence-electron chi connectivity index (χ0n) is 8.77. The van der Waals surface area contributed by atoms with Crippen LogP contribution in [0.15, 0.2) is 6.07 Å². The van der Waals surface area contributed by atoms with Crippen LogP contribution in [0.5, 0.6) is 5.88 Å². The second-order valence-electron chi connectivity index (χ2n) is 2.89. The Kier molecular flexibility index (Phi) is 3.30. The minimum absolute atomic E-state index is 0.170. The Bertz CT molecular complexity index is 457. The van der Waals surface area contributed by atoms with E-state index < -0.39 is 23.9 Å². The lowest BCUT2D eigenvalue weighted by molar-refractivity contribution is -0.351. The van der Waals surface area contributed by atoms with Gasteiger partial charge in [0.2, 0.25) is 5.88 Å². The lowest BCUT2D eigenvalue weighted by atomic mass is 10.4. The average molecular weight is 249 g/mol. The first-order chi connectivity index (χ1) is 7.77. The molecule has 0 aromatic carbocycles. The van der Waals surface area contributed by atoms with E-state index in [1.807, 2.05) is 0 Å². The molecule has 0 amide bonds. The molecule has 0 radical (unpaired) electrons. The van der Waals surface area contributed by atoms with E-state index in [4.69, 9.17) is 0 Å². The molecule has 0 aliphatic heterocycles. The molecule has 94 valence electrons. The Labute approximate surface area is 93.5 Å². The van der Waals surface area contributed by atoms with Crippen LogP contribution in [0.25, 0.3) is 0 Å². The molecule has 0 aliphatic carbocycles. The fourth-order valence-corrected chi connectivity index (χ4v) is 0.959. The van der Waals surface area contributed by atoms with Gasteiger partial charge in [-0.05, 0) is 0 Å². The summed E-state index contributed by atoms with van der Waals surface area (Å²) in [5.41, 5.74) is -0.170. The summed E-state index contributed by atoms with van der Waals surface area (Å²) in [6, 6.07) is 0.822. The molecule has 0 saturated heterocycles. The molecular formula is C8H7F2N2O5-. The van der Waals surface area contributed by atoms with Crippen LogP contribution < -0.4 is 9.84 Å². The van der Waals surface area contributed by atoms with Gasteiger partial charge < -0.3 is 19.4 Å². The Hall–Kier alpha value is -2.19. The second-order valence-corrected chi connectivity index (χ2v) is 2.89. The highest BCUT2D eigenvalue weighted by Gasteiger charge is 2.35. The van der Waals surface area contributed by atoms with Crippen LogP contribution in [-0.2, 0) is 16.6 Å². The number of halogens is 2. The van der Waals surface area contributed by atoms with Gasteiger partial charge in [0, 0.05) is 13.1 Å². The maximum Gasteiger partial charge on any atom is 0.442 e. The van der Waals surface area contributed by atoms with Gasteiger partial charge in [-0.3, -0.25) is 4.68 Å². The van der Waals surface area contributed by atoms with Crippen molar-refractivity contribution in [1.82, 2.24) is 9.78 Å². The maximum atomic E-state index is 12.6. The molecule has 1 aromatic heterocycles. The number of carbonyl (C=O) groups excluding carboxylic acids is 2. The predicted octanol–water partition coefficient (Wildman–Crippen LogP) is -1.07. The molecule has 0 N–H and O–H groups in total. The zero-order chi connectivity index (χ0) is 13.2. The number of hydrogen-bond donors (Lipinski definition) is 0. The summed E-state index contributed by atoms with van der Waals surface area (Å²) in [7, 11) is 2.36. The van der Waals surface area contributed by atoms with Crippen molar-refractivity contribution < 1.29 is 33.0 Å². The number of carboxylic acids is 1. The van der Waals surface area contributed by atoms with Gasteiger partial charge in [-0.1, -0.05) is 0 Å². The van der Waals surface area contributed by atoms with Crippen LogP contribution in [-0.4, -0.2) is 34.9 Å². The first-order valence-corrected chi connectivity index (χ1v) is 4.18. The van der Waals surface area contributed by atoms with Crippen molar-refractivity contribution in [2.45, 2.75) is 6.11 Å². The summed E-state index contributed by atoms with van der Waals surface area (Å²) in [6.07, 6.45) is -4.53. The number of carboxylic acid groups (broad SMARTS) is 1. The quantitative estimate of drug-likeness (QED) is 0.630. The molecule has 0 unspecified atom stereocenters.